The summed E-state index contributed by atoms with van der Waals surface area (Å²) in [7, 11) is 2.94. The smallest absolute Gasteiger partial charge is 0.0694 e. The zero-order valence-corrected chi connectivity index (χ0v) is 7.58. The van der Waals surface area contributed by atoms with Gasteiger partial charge in [-0.15, -0.1) is 0 Å². The van der Waals surface area contributed by atoms with Crippen LogP contribution >= 0.6 is 17.4 Å². The fourth-order valence-corrected chi connectivity index (χ4v) is 0.765. The molecule has 9 heavy (non-hydrogen) atoms. The molecule has 0 bridgehead atoms. The maximum atomic E-state index is 8.51. The van der Waals surface area contributed by atoms with Gasteiger partial charge in [-0.05, 0) is 12.5 Å². The molecule has 0 aromatic rings. The fraction of sp³-hybridized carbons (Fsp3) is 0.600. The first-order chi connectivity index (χ1) is 4.31. The Morgan fingerprint density at radius 1 is 1.89 bits per heavy atom. The molecule has 1 N–H and O–H groups in total. The summed E-state index contributed by atoms with van der Waals surface area (Å²) in [5.41, 5.74) is 0.957. The van der Waals surface area contributed by atoms with Gasteiger partial charge in [-0.25, -0.2) is 0 Å². The third kappa shape index (κ3) is 6.40. The number of aliphatic hydroxyl groups is 1. The molecule has 0 aliphatic heterocycles. The van der Waals surface area contributed by atoms with E-state index in [0.717, 1.165) is 5.57 Å². The molecule has 0 fully saturated rings. The van der Waals surface area contributed by atoms with Gasteiger partial charge in [0.05, 0.1) is 13.2 Å². The van der Waals surface area contributed by atoms with Gasteiger partial charge in [0.1, 0.15) is 0 Å². The molecule has 0 rings (SSSR count). The summed E-state index contributed by atoms with van der Waals surface area (Å²) in [6.07, 6.45) is 1.87. The highest BCUT2D eigenvalue weighted by atomic mass is 32.0. The van der Waals surface area contributed by atoms with Gasteiger partial charge in [0.15, 0.2) is 0 Å². The van der Waals surface area contributed by atoms with Gasteiger partial charge in [-0.3, -0.25) is 0 Å². The molecule has 0 aromatic carbocycles. The van der Waals surface area contributed by atoms with Crippen LogP contribution in [-0.4, -0.2) is 18.3 Å². The van der Waals surface area contributed by atoms with E-state index in [1.165, 1.54) is 0 Å². The number of hydrogen-bond donors (Lipinski definition) is 1. The van der Waals surface area contributed by atoms with Crippen LogP contribution in [0.15, 0.2) is 11.6 Å². The van der Waals surface area contributed by atoms with E-state index in [-0.39, 0.29) is 6.61 Å². The first-order valence-electron chi connectivity index (χ1n) is 2.65. The summed E-state index contributed by atoms with van der Waals surface area (Å²) in [6.45, 7) is 2.60. The van der Waals surface area contributed by atoms with Crippen molar-refractivity contribution in [1.82, 2.24) is 0 Å². The maximum Gasteiger partial charge on any atom is 0.0694 e. The van der Waals surface area contributed by atoms with Crippen LogP contribution in [-0.2, 0) is 4.52 Å². The largest absolute Gasteiger partial charge is 0.392 e. The van der Waals surface area contributed by atoms with Crippen molar-refractivity contribution >= 4 is 17.4 Å². The molecule has 4 heteroatoms. The van der Waals surface area contributed by atoms with E-state index in [1.54, 1.807) is 0 Å². The molecule has 0 amide bonds. The van der Waals surface area contributed by atoms with Gasteiger partial charge in [0, 0.05) is 8.50 Å². The molecule has 2 nitrogen and oxygen atoms in total. The molecule has 54 valence electrons. The van der Waals surface area contributed by atoms with Crippen molar-refractivity contribution in [2.24, 2.45) is 0 Å². The molecule has 0 radical (unpaired) electrons. The minimum absolute atomic E-state index is 0.128. The minimum Gasteiger partial charge on any atom is -0.392 e. The average Bonchev–Trinajstić information content (AvgIpc) is 1.89. The first kappa shape index (κ1) is 9.52. The van der Waals surface area contributed by atoms with Crippen molar-refractivity contribution < 1.29 is 9.63 Å². The average molecular weight is 166 g/mol. The van der Waals surface area contributed by atoms with Crippen molar-refractivity contribution in [3.63, 3.8) is 0 Å². The van der Waals surface area contributed by atoms with E-state index in [1.807, 2.05) is 13.0 Å². The SMILES string of the molecule is C/C(=C\COPP)CO. The fourth-order valence-electron chi connectivity index (χ4n) is 0.297. The van der Waals surface area contributed by atoms with E-state index < -0.39 is 0 Å². The van der Waals surface area contributed by atoms with E-state index in [2.05, 4.69) is 8.93 Å². The lowest BCUT2D eigenvalue weighted by Crippen LogP contribution is -1.86. The van der Waals surface area contributed by atoms with Crippen LogP contribution in [0.5, 0.6) is 0 Å². The van der Waals surface area contributed by atoms with E-state index in [9.17, 15) is 0 Å². The van der Waals surface area contributed by atoms with Crippen LogP contribution in [0.2, 0.25) is 0 Å². The third-order valence-corrected chi connectivity index (χ3v) is 1.68. The molecular formula is C5H12O2P2. The van der Waals surface area contributed by atoms with Gasteiger partial charge in [-0.1, -0.05) is 15.0 Å². The van der Waals surface area contributed by atoms with Crippen molar-refractivity contribution in [3.05, 3.63) is 11.6 Å². The molecular weight excluding hydrogens is 154 g/mol. The van der Waals surface area contributed by atoms with Crippen molar-refractivity contribution in [3.8, 4) is 0 Å². The first-order valence-corrected chi connectivity index (χ1v) is 5.37. The molecule has 0 saturated carbocycles. The van der Waals surface area contributed by atoms with Gasteiger partial charge < -0.3 is 9.63 Å². The standard InChI is InChI=1S/C5H12O2P2/c1-5(4-6)2-3-7-9-8/h2,6,9H,3-4,8H2,1H3/b5-2+. The molecule has 0 saturated heterocycles. The Hall–Kier alpha value is 0.520. The highest BCUT2D eigenvalue weighted by Crippen LogP contribution is 2.20. The summed E-state index contributed by atoms with van der Waals surface area (Å²) >= 11 is 0. The van der Waals surface area contributed by atoms with Crippen LogP contribution in [0.25, 0.3) is 0 Å². The van der Waals surface area contributed by atoms with Gasteiger partial charge >= 0.3 is 0 Å². The zero-order valence-electron chi connectivity index (χ0n) is 5.42. The zero-order chi connectivity index (χ0) is 7.11. The van der Waals surface area contributed by atoms with Crippen LogP contribution in [0.1, 0.15) is 6.92 Å². The van der Waals surface area contributed by atoms with Crippen LogP contribution in [0, 0.1) is 0 Å². The normalized spacial score (nSPS) is 13.4. The predicted octanol–water partition coefficient (Wildman–Crippen LogP) is 1.33. The second-order valence-electron chi connectivity index (χ2n) is 1.64. The summed E-state index contributed by atoms with van der Waals surface area (Å²) in [4.78, 5) is 0. The predicted molar refractivity (Wildman–Crippen MR) is 44.8 cm³/mol. The number of rotatable bonds is 4. The van der Waals surface area contributed by atoms with Crippen molar-refractivity contribution in [1.29, 1.82) is 0 Å². The Labute approximate surface area is 59.6 Å². The minimum atomic E-state index is 0.128. The molecule has 0 heterocycles. The summed E-state index contributed by atoms with van der Waals surface area (Å²) in [5.74, 6) is 0. The maximum absolute atomic E-state index is 8.51. The number of hydrogen-bond acceptors (Lipinski definition) is 2. The lowest BCUT2D eigenvalue weighted by Gasteiger charge is -1.95. The lowest BCUT2D eigenvalue weighted by atomic mass is 10.3. The second-order valence-corrected chi connectivity index (χ2v) is 2.87. The third-order valence-electron chi connectivity index (χ3n) is 0.848. The molecule has 0 aliphatic rings. The molecule has 0 aromatic heterocycles. The van der Waals surface area contributed by atoms with E-state index in [4.69, 9.17) is 9.63 Å². The van der Waals surface area contributed by atoms with Crippen molar-refractivity contribution in [2.45, 2.75) is 6.92 Å². The second kappa shape index (κ2) is 6.64. The summed E-state index contributed by atoms with van der Waals surface area (Å²) in [5, 5.41) is 8.51. The summed E-state index contributed by atoms with van der Waals surface area (Å²) < 4.78 is 5.01. The Balaban J connectivity index is 3.21. The van der Waals surface area contributed by atoms with Gasteiger partial charge in [0.2, 0.25) is 0 Å². The van der Waals surface area contributed by atoms with Crippen molar-refractivity contribution in [2.75, 3.05) is 13.2 Å². The molecule has 2 unspecified atom stereocenters. The van der Waals surface area contributed by atoms with Crippen LogP contribution < -0.4 is 0 Å². The van der Waals surface area contributed by atoms with E-state index in [0.29, 0.717) is 15.1 Å². The van der Waals surface area contributed by atoms with Crippen LogP contribution in [0.3, 0.4) is 0 Å². The Morgan fingerprint density at radius 3 is 3.00 bits per heavy atom. The summed E-state index contributed by atoms with van der Waals surface area (Å²) in [6, 6.07) is 0. The highest BCUT2D eigenvalue weighted by molar-refractivity contribution is 8.00. The quantitative estimate of drug-likeness (QED) is 0.387. The number of aliphatic hydroxyl groups excluding tert-OH is 1. The lowest BCUT2D eigenvalue weighted by molar-refractivity contribution is 0.328. The Bertz CT molecular complexity index is 93.0. The van der Waals surface area contributed by atoms with Crippen LogP contribution in [0.4, 0.5) is 0 Å². The Morgan fingerprint density at radius 2 is 2.56 bits per heavy atom. The van der Waals surface area contributed by atoms with E-state index >= 15 is 0 Å². The monoisotopic (exact) mass is 166 g/mol. The Kier molecular flexibility index (Phi) is 7.02. The topological polar surface area (TPSA) is 29.5 Å². The van der Waals surface area contributed by atoms with Gasteiger partial charge in [0.25, 0.3) is 0 Å². The molecule has 2 atom stereocenters. The molecule has 0 aliphatic carbocycles. The van der Waals surface area contributed by atoms with Gasteiger partial charge in [-0.2, -0.15) is 0 Å². The highest BCUT2D eigenvalue weighted by Gasteiger charge is 1.82. The molecule has 0 spiro atoms.